The zero-order chi connectivity index (χ0) is 21.3. The maximum Gasteiger partial charge on any atom is 0.302 e. The molecule has 1 aliphatic rings. The van der Waals surface area contributed by atoms with E-state index >= 15 is 0 Å². The number of esters is 1. The number of aliphatic hydroxyl groups excluding tert-OH is 4. The van der Waals surface area contributed by atoms with Crippen LogP contribution in [0.25, 0.3) is 10.4 Å². The van der Waals surface area contributed by atoms with E-state index in [1.165, 1.54) is 0 Å². The predicted octanol–water partition coefficient (Wildman–Crippen LogP) is -1.61. The van der Waals surface area contributed by atoms with Crippen molar-refractivity contribution in [3.05, 3.63) is 10.4 Å². The van der Waals surface area contributed by atoms with Gasteiger partial charge in [-0.2, -0.15) is 0 Å². The van der Waals surface area contributed by atoms with Gasteiger partial charge in [0.15, 0.2) is 12.4 Å². The van der Waals surface area contributed by atoms with Crippen molar-refractivity contribution in [1.82, 2.24) is 0 Å². The summed E-state index contributed by atoms with van der Waals surface area (Å²) in [6.07, 6.45) is -10.3. The number of hydrogen-bond donors (Lipinski definition) is 4. The van der Waals surface area contributed by atoms with Crippen molar-refractivity contribution in [2.45, 2.75) is 55.9 Å². The minimum atomic E-state index is -1.73. The molecule has 1 fully saturated rings. The summed E-state index contributed by atoms with van der Waals surface area (Å²) in [6.45, 7) is 0.0975. The summed E-state index contributed by atoms with van der Waals surface area (Å²) in [4.78, 5) is 24.7. The lowest BCUT2D eigenvalue weighted by molar-refractivity contribution is -0.318. The Kier molecular flexibility index (Phi) is 10.9. The summed E-state index contributed by atoms with van der Waals surface area (Å²) in [5.41, 5.74) is 8.78. The van der Waals surface area contributed by atoms with E-state index in [0.29, 0.717) is 0 Å². The van der Waals surface area contributed by atoms with Gasteiger partial charge in [0, 0.05) is 16.3 Å². The lowest BCUT2D eigenvalue weighted by atomic mass is 9.99. The van der Waals surface area contributed by atoms with Crippen LogP contribution in [-0.4, -0.2) is 99.5 Å². The first-order chi connectivity index (χ1) is 13.3. The molecule has 0 bridgehead atoms. The number of nitrogens with zero attached hydrogens (tertiary/aromatic N) is 3. The standard InChI is InChI=1S/C14H22IN3O10/c1-6(21)25-4-9(26-5-20)13(7(2-15)17-18-16)28-14-12(24)11(23)10(22)8(3-19)27-14/h5,7-14,19,22-24H,2-4H2,1H3/t7-,8+,9+,10-,11-,12+,13-,14-/m0/s1. The number of carbonyl (C=O) groups excluding carboxylic acids is 2. The molecular formula is C14H22IN3O10. The van der Waals surface area contributed by atoms with Crippen LogP contribution in [0.2, 0.25) is 0 Å². The fourth-order valence-corrected chi connectivity index (χ4v) is 3.17. The van der Waals surface area contributed by atoms with Gasteiger partial charge in [-0.3, -0.25) is 9.59 Å². The maximum absolute atomic E-state index is 11.1. The molecule has 13 nitrogen and oxygen atoms in total. The topological polar surface area (TPSA) is 201 Å². The Hall–Kier alpha value is -1.26. The molecule has 160 valence electrons. The molecular weight excluding hydrogens is 497 g/mol. The molecule has 8 atom stereocenters. The van der Waals surface area contributed by atoms with Crippen molar-refractivity contribution in [1.29, 1.82) is 0 Å². The summed E-state index contributed by atoms with van der Waals surface area (Å²) < 4.78 is 20.8. The number of carbonyl (C=O) groups is 2. The second-order valence-electron chi connectivity index (χ2n) is 5.80. The van der Waals surface area contributed by atoms with E-state index in [4.69, 9.17) is 24.5 Å². The lowest BCUT2D eigenvalue weighted by Gasteiger charge is -2.42. The van der Waals surface area contributed by atoms with E-state index in [1.807, 2.05) is 22.6 Å². The molecule has 0 aliphatic carbocycles. The highest BCUT2D eigenvalue weighted by Gasteiger charge is 2.46. The highest BCUT2D eigenvalue weighted by molar-refractivity contribution is 14.1. The van der Waals surface area contributed by atoms with Gasteiger partial charge in [-0.1, -0.05) is 27.7 Å². The van der Waals surface area contributed by atoms with Gasteiger partial charge in [0.1, 0.15) is 37.1 Å². The molecule has 0 spiro atoms. The normalized spacial score (nSPS) is 30.4. The van der Waals surface area contributed by atoms with E-state index in [-0.39, 0.29) is 10.9 Å². The summed E-state index contributed by atoms with van der Waals surface area (Å²) in [5.74, 6) is -0.666. The lowest BCUT2D eigenvalue weighted by Crippen LogP contribution is -2.61. The van der Waals surface area contributed by atoms with Gasteiger partial charge in [-0.15, -0.1) is 0 Å². The highest BCUT2D eigenvalue weighted by atomic mass is 127. The van der Waals surface area contributed by atoms with E-state index in [2.05, 4.69) is 10.0 Å². The molecule has 0 unspecified atom stereocenters. The van der Waals surface area contributed by atoms with Gasteiger partial charge >= 0.3 is 5.97 Å². The molecule has 0 aromatic heterocycles. The first kappa shape index (κ1) is 24.8. The van der Waals surface area contributed by atoms with Crippen molar-refractivity contribution in [3.8, 4) is 0 Å². The molecule has 1 aliphatic heterocycles. The van der Waals surface area contributed by atoms with Gasteiger partial charge in [0.05, 0.1) is 12.6 Å². The first-order valence-electron chi connectivity index (χ1n) is 8.09. The second-order valence-corrected chi connectivity index (χ2v) is 6.68. The third-order valence-electron chi connectivity index (χ3n) is 3.92. The molecule has 0 aromatic rings. The third-order valence-corrected chi connectivity index (χ3v) is 4.83. The van der Waals surface area contributed by atoms with Crippen LogP contribution in [0.3, 0.4) is 0 Å². The van der Waals surface area contributed by atoms with Crippen molar-refractivity contribution >= 4 is 35.0 Å². The van der Waals surface area contributed by atoms with Crippen LogP contribution in [-0.2, 0) is 28.5 Å². The Labute approximate surface area is 173 Å². The Balaban J connectivity index is 3.13. The molecule has 14 heteroatoms. The summed E-state index contributed by atoms with van der Waals surface area (Å²) in [7, 11) is 0. The van der Waals surface area contributed by atoms with Crippen molar-refractivity contribution in [2.75, 3.05) is 17.6 Å². The molecule has 1 saturated heterocycles. The Bertz CT molecular complexity index is 561. The average molecular weight is 519 g/mol. The minimum Gasteiger partial charge on any atom is -0.462 e. The van der Waals surface area contributed by atoms with Crippen LogP contribution in [0, 0.1) is 0 Å². The molecule has 0 amide bonds. The van der Waals surface area contributed by atoms with Crippen LogP contribution in [0.4, 0.5) is 0 Å². The van der Waals surface area contributed by atoms with Gasteiger partial charge in [-0.25, -0.2) is 0 Å². The number of alkyl halides is 1. The number of aliphatic hydroxyl groups is 4. The molecule has 0 radical (unpaired) electrons. The predicted molar refractivity (Wildman–Crippen MR) is 98.0 cm³/mol. The van der Waals surface area contributed by atoms with Gasteiger partial charge in [-0.05, 0) is 5.53 Å². The number of azide groups is 1. The minimum absolute atomic E-state index is 0.0815. The van der Waals surface area contributed by atoms with Gasteiger partial charge in [0.2, 0.25) is 0 Å². The number of halogens is 1. The number of rotatable bonds is 11. The van der Waals surface area contributed by atoms with Crippen molar-refractivity contribution < 1.29 is 49.0 Å². The zero-order valence-corrected chi connectivity index (χ0v) is 16.9. The van der Waals surface area contributed by atoms with Crippen LogP contribution >= 0.6 is 22.6 Å². The van der Waals surface area contributed by atoms with Crippen LogP contribution in [0.5, 0.6) is 0 Å². The van der Waals surface area contributed by atoms with Crippen molar-refractivity contribution in [2.24, 2.45) is 5.11 Å². The van der Waals surface area contributed by atoms with E-state index < -0.39 is 68.1 Å². The third kappa shape index (κ3) is 6.66. The quantitative estimate of drug-likeness (QED) is 0.0468. The van der Waals surface area contributed by atoms with Gasteiger partial charge < -0.3 is 39.4 Å². The van der Waals surface area contributed by atoms with Crippen LogP contribution < -0.4 is 0 Å². The molecule has 0 saturated carbocycles. The Morgan fingerprint density at radius 1 is 1.36 bits per heavy atom. The monoisotopic (exact) mass is 519 g/mol. The molecule has 28 heavy (non-hydrogen) atoms. The smallest absolute Gasteiger partial charge is 0.302 e. The molecule has 1 rings (SSSR count). The Morgan fingerprint density at radius 3 is 2.54 bits per heavy atom. The first-order valence-corrected chi connectivity index (χ1v) is 9.61. The van der Waals surface area contributed by atoms with E-state index in [1.54, 1.807) is 0 Å². The SMILES string of the molecule is CC(=O)OC[C@@H](OC=O)[C@@H](O[C@@H]1O[C@H](CO)[C@H](O)[C@H](O)[C@H]1O)[C@H](CI)N=[N+]=[N-]. The largest absolute Gasteiger partial charge is 0.462 e. The molecule has 1 heterocycles. The molecule has 4 N–H and O–H groups in total. The fourth-order valence-electron chi connectivity index (χ4n) is 2.49. The van der Waals surface area contributed by atoms with Crippen LogP contribution in [0.15, 0.2) is 5.11 Å². The highest BCUT2D eigenvalue weighted by Crippen LogP contribution is 2.26. The summed E-state index contributed by atoms with van der Waals surface area (Å²) >= 11 is 1.88. The fraction of sp³-hybridized carbons (Fsp3) is 0.857. The average Bonchev–Trinajstić information content (AvgIpc) is 2.67. The Morgan fingerprint density at radius 2 is 2.04 bits per heavy atom. The number of hydrogen-bond acceptors (Lipinski definition) is 11. The summed E-state index contributed by atoms with van der Waals surface area (Å²) in [6, 6.07) is -0.946. The number of ether oxygens (including phenoxy) is 4. The van der Waals surface area contributed by atoms with Gasteiger partial charge in [0.25, 0.3) is 6.47 Å². The van der Waals surface area contributed by atoms with E-state index in [9.17, 15) is 30.0 Å². The molecule has 0 aromatic carbocycles. The van der Waals surface area contributed by atoms with E-state index in [0.717, 1.165) is 6.92 Å². The summed E-state index contributed by atoms with van der Waals surface area (Å²) in [5, 5.41) is 42.7. The zero-order valence-electron chi connectivity index (χ0n) is 14.8. The van der Waals surface area contributed by atoms with Crippen LogP contribution in [0.1, 0.15) is 6.92 Å². The second kappa shape index (κ2) is 12.3. The maximum atomic E-state index is 11.1. The van der Waals surface area contributed by atoms with Crippen molar-refractivity contribution in [3.63, 3.8) is 0 Å².